The molecule has 8 nitrogen and oxygen atoms in total. The van der Waals surface area contributed by atoms with Crippen molar-refractivity contribution in [2.45, 2.75) is 13.0 Å². The second-order valence-electron chi connectivity index (χ2n) is 6.05. The van der Waals surface area contributed by atoms with E-state index in [-0.39, 0.29) is 6.04 Å². The Kier molecular flexibility index (Phi) is 3.26. The lowest BCUT2D eigenvalue weighted by Crippen LogP contribution is -2.47. The number of imidazole rings is 1. The Hall–Kier alpha value is -2.48. The molecule has 1 saturated heterocycles. The maximum absolute atomic E-state index is 4.69. The normalized spacial score (nSPS) is 19.6. The average Bonchev–Trinajstić information content (AvgIpc) is 3.14. The molecule has 0 aliphatic carbocycles. The minimum Gasteiger partial charge on any atom is -0.352 e. The van der Waals surface area contributed by atoms with Gasteiger partial charge in [-0.25, -0.2) is 4.98 Å². The molecule has 1 aliphatic rings. The van der Waals surface area contributed by atoms with Gasteiger partial charge in [-0.1, -0.05) is 0 Å². The summed E-state index contributed by atoms with van der Waals surface area (Å²) >= 11 is 0. The van der Waals surface area contributed by atoms with Gasteiger partial charge in [0, 0.05) is 39.1 Å². The number of nitrogens with zero attached hydrogens (tertiary/aromatic N) is 8. The lowest BCUT2D eigenvalue weighted by Gasteiger charge is -2.39. The van der Waals surface area contributed by atoms with E-state index >= 15 is 0 Å². The van der Waals surface area contributed by atoms with Crippen LogP contribution in [0.2, 0.25) is 0 Å². The molecule has 0 amide bonds. The SMILES string of the molecule is Cc1nnc2ccc(N3CCN(C)C(c4nccn4C)C3)nn12. The van der Waals surface area contributed by atoms with Crippen molar-refractivity contribution in [3.8, 4) is 0 Å². The molecule has 0 radical (unpaired) electrons. The number of rotatable bonds is 2. The van der Waals surface area contributed by atoms with E-state index in [4.69, 9.17) is 5.10 Å². The number of piperazine rings is 1. The van der Waals surface area contributed by atoms with Crippen molar-refractivity contribution in [3.63, 3.8) is 0 Å². The quantitative estimate of drug-likeness (QED) is 0.692. The maximum Gasteiger partial charge on any atom is 0.178 e. The van der Waals surface area contributed by atoms with Crippen LogP contribution in [0.4, 0.5) is 5.82 Å². The standard InChI is InChI=1S/C15H20N8/c1-11-17-18-13-4-5-14(19-23(11)13)22-9-8-20(2)12(10-22)15-16-6-7-21(15)3/h4-7,12H,8-10H2,1-3H3. The van der Waals surface area contributed by atoms with E-state index in [1.165, 1.54) is 0 Å². The van der Waals surface area contributed by atoms with Crippen LogP contribution in [0.3, 0.4) is 0 Å². The molecule has 4 heterocycles. The molecule has 0 aromatic carbocycles. The van der Waals surface area contributed by atoms with E-state index in [0.29, 0.717) is 0 Å². The summed E-state index contributed by atoms with van der Waals surface area (Å²) in [5, 5.41) is 12.9. The van der Waals surface area contributed by atoms with Crippen molar-refractivity contribution >= 4 is 11.5 Å². The largest absolute Gasteiger partial charge is 0.352 e. The van der Waals surface area contributed by atoms with Gasteiger partial charge in [0.15, 0.2) is 11.5 Å². The van der Waals surface area contributed by atoms with Gasteiger partial charge in [0.1, 0.15) is 11.6 Å². The fraction of sp³-hybridized carbons (Fsp3) is 0.467. The second kappa shape index (κ2) is 5.31. The third kappa shape index (κ3) is 2.35. The van der Waals surface area contributed by atoms with Crippen molar-refractivity contribution in [3.05, 3.63) is 36.2 Å². The van der Waals surface area contributed by atoms with Crippen molar-refractivity contribution in [2.24, 2.45) is 7.05 Å². The van der Waals surface area contributed by atoms with Crippen LogP contribution in [0, 0.1) is 6.92 Å². The molecule has 8 heteroatoms. The predicted octanol–water partition coefficient (Wildman–Crippen LogP) is 0.659. The van der Waals surface area contributed by atoms with Crippen LogP contribution in [0.1, 0.15) is 17.7 Å². The van der Waals surface area contributed by atoms with Crippen molar-refractivity contribution in [1.29, 1.82) is 0 Å². The Balaban J connectivity index is 1.65. The summed E-state index contributed by atoms with van der Waals surface area (Å²) in [6.07, 6.45) is 3.85. The third-order valence-corrected chi connectivity index (χ3v) is 4.53. The third-order valence-electron chi connectivity index (χ3n) is 4.53. The van der Waals surface area contributed by atoms with E-state index in [9.17, 15) is 0 Å². The smallest absolute Gasteiger partial charge is 0.178 e. The Morgan fingerprint density at radius 1 is 1.13 bits per heavy atom. The number of hydrogen-bond acceptors (Lipinski definition) is 6. The molecule has 0 spiro atoms. The first-order chi connectivity index (χ1) is 11.1. The first-order valence-corrected chi connectivity index (χ1v) is 7.75. The summed E-state index contributed by atoms with van der Waals surface area (Å²) in [6.45, 7) is 4.69. The summed E-state index contributed by atoms with van der Waals surface area (Å²) in [5.74, 6) is 2.84. The number of aryl methyl sites for hydroxylation is 2. The molecule has 120 valence electrons. The topological polar surface area (TPSA) is 67.4 Å². The zero-order chi connectivity index (χ0) is 16.0. The molecule has 1 fully saturated rings. The van der Waals surface area contributed by atoms with Gasteiger partial charge in [0.05, 0.1) is 6.04 Å². The zero-order valence-electron chi connectivity index (χ0n) is 13.6. The number of likely N-dealkylation sites (N-methyl/N-ethyl adjacent to an activating group) is 1. The highest BCUT2D eigenvalue weighted by atomic mass is 15.4. The Labute approximate surface area is 134 Å². The van der Waals surface area contributed by atoms with Gasteiger partial charge in [-0.3, -0.25) is 4.90 Å². The van der Waals surface area contributed by atoms with Crippen molar-refractivity contribution in [1.82, 2.24) is 34.3 Å². The van der Waals surface area contributed by atoms with Crippen LogP contribution in [-0.4, -0.2) is 60.9 Å². The highest BCUT2D eigenvalue weighted by Gasteiger charge is 2.29. The van der Waals surface area contributed by atoms with Crippen LogP contribution in [0.5, 0.6) is 0 Å². The van der Waals surface area contributed by atoms with Crippen LogP contribution in [0.15, 0.2) is 24.5 Å². The summed E-state index contributed by atoms with van der Waals surface area (Å²) < 4.78 is 3.88. The van der Waals surface area contributed by atoms with Crippen molar-refractivity contribution < 1.29 is 0 Å². The molecule has 23 heavy (non-hydrogen) atoms. The molecule has 3 aromatic rings. The molecule has 1 atom stereocenters. The molecule has 4 rings (SSSR count). The van der Waals surface area contributed by atoms with Crippen LogP contribution < -0.4 is 4.90 Å². The van der Waals surface area contributed by atoms with E-state index in [2.05, 4.69) is 36.6 Å². The van der Waals surface area contributed by atoms with Crippen LogP contribution in [0.25, 0.3) is 5.65 Å². The highest BCUT2D eigenvalue weighted by molar-refractivity contribution is 5.46. The molecule has 0 saturated carbocycles. The van der Waals surface area contributed by atoms with Gasteiger partial charge < -0.3 is 9.47 Å². The van der Waals surface area contributed by atoms with E-state index in [1.54, 1.807) is 4.52 Å². The molecular formula is C15H20N8. The number of anilines is 1. The monoisotopic (exact) mass is 312 g/mol. The number of fused-ring (bicyclic) bond motifs is 1. The van der Waals surface area contributed by atoms with E-state index in [1.807, 2.05) is 38.5 Å². The minimum atomic E-state index is 0.253. The molecule has 3 aromatic heterocycles. The van der Waals surface area contributed by atoms with Crippen LogP contribution >= 0.6 is 0 Å². The van der Waals surface area contributed by atoms with Gasteiger partial charge in [0.2, 0.25) is 0 Å². The van der Waals surface area contributed by atoms with Crippen molar-refractivity contribution in [2.75, 3.05) is 31.6 Å². The minimum absolute atomic E-state index is 0.253. The van der Waals surface area contributed by atoms with Gasteiger partial charge in [0.25, 0.3) is 0 Å². The van der Waals surface area contributed by atoms with Gasteiger partial charge in [-0.2, -0.15) is 4.52 Å². The summed E-state index contributed by atoms with van der Waals surface area (Å²) in [7, 11) is 4.19. The highest BCUT2D eigenvalue weighted by Crippen LogP contribution is 2.25. The number of hydrogen-bond donors (Lipinski definition) is 0. The van der Waals surface area contributed by atoms with Gasteiger partial charge in [-0.15, -0.1) is 15.3 Å². The Bertz CT molecular complexity index is 835. The summed E-state index contributed by atoms with van der Waals surface area (Å²) in [6, 6.07) is 4.24. The summed E-state index contributed by atoms with van der Waals surface area (Å²) in [5.41, 5.74) is 0.779. The average molecular weight is 312 g/mol. The fourth-order valence-corrected chi connectivity index (χ4v) is 3.11. The first kappa shape index (κ1) is 14.1. The zero-order valence-corrected chi connectivity index (χ0v) is 13.6. The predicted molar refractivity (Wildman–Crippen MR) is 86.3 cm³/mol. The van der Waals surface area contributed by atoms with E-state index in [0.717, 1.165) is 42.7 Å². The van der Waals surface area contributed by atoms with Gasteiger partial charge >= 0.3 is 0 Å². The number of aromatic nitrogens is 6. The van der Waals surface area contributed by atoms with E-state index < -0.39 is 0 Å². The Morgan fingerprint density at radius 2 is 2.00 bits per heavy atom. The first-order valence-electron chi connectivity index (χ1n) is 7.75. The van der Waals surface area contributed by atoms with Crippen LogP contribution in [-0.2, 0) is 7.05 Å². The summed E-state index contributed by atoms with van der Waals surface area (Å²) in [4.78, 5) is 9.18. The van der Waals surface area contributed by atoms with Gasteiger partial charge in [-0.05, 0) is 26.1 Å². The second-order valence-corrected chi connectivity index (χ2v) is 6.05. The Morgan fingerprint density at radius 3 is 2.78 bits per heavy atom. The lowest BCUT2D eigenvalue weighted by atomic mass is 10.1. The lowest BCUT2D eigenvalue weighted by molar-refractivity contribution is 0.208. The molecule has 0 N–H and O–H groups in total. The molecule has 1 unspecified atom stereocenters. The molecule has 0 bridgehead atoms. The molecular weight excluding hydrogens is 292 g/mol. The molecule has 1 aliphatic heterocycles. The maximum atomic E-state index is 4.69. The fourth-order valence-electron chi connectivity index (χ4n) is 3.11.